The number of anilines is 2. The van der Waals surface area contributed by atoms with Crippen molar-refractivity contribution in [2.24, 2.45) is 0 Å². The second-order valence-corrected chi connectivity index (χ2v) is 4.71. The van der Waals surface area contributed by atoms with Crippen LogP contribution in [-0.2, 0) is 13.1 Å². The lowest BCUT2D eigenvalue weighted by Gasteiger charge is -2.08. The Morgan fingerprint density at radius 1 is 0.682 bits per heavy atom. The van der Waals surface area contributed by atoms with Crippen LogP contribution in [0.5, 0.6) is 0 Å². The first-order valence-corrected chi connectivity index (χ1v) is 6.98. The van der Waals surface area contributed by atoms with E-state index in [9.17, 15) is 0 Å². The van der Waals surface area contributed by atoms with Gasteiger partial charge in [0.05, 0.1) is 0 Å². The SMILES string of the molecule is c1cc(CNc2cc(NCc3ccncc3)ncn2)ccn1. The zero-order chi connectivity index (χ0) is 15.0. The highest BCUT2D eigenvalue weighted by Gasteiger charge is 1.99. The van der Waals surface area contributed by atoms with Gasteiger partial charge >= 0.3 is 0 Å². The maximum Gasteiger partial charge on any atom is 0.131 e. The minimum Gasteiger partial charge on any atom is -0.366 e. The average molecular weight is 292 g/mol. The van der Waals surface area contributed by atoms with Gasteiger partial charge in [-0.15, -0.1) is 0 Å². The molecule has 3 heterocycles. The monoisotopic (exact) mass is 292 g/mol. The molecule has 110 valence electrons. The lowest BCUT2D eigenvalue weighted by molar-refractivity contribution is 1.05. The molecule has 3 aromatic rings. The molecular formula is C16H16N6. The molecule has 0 aliphatic heterocycles. The van der Waals surface area contributed by atoms with Gasteiger partial charge in [0.15, 0.2) is 0 Å². The predicted octanol–water partition coefficient (Wildman–Crippen LogP) is 2.49. The van der Waals surface area contributed by atoms with Crippen molar-refractivity contribution in [3.63, 3.8) is 0 Å². The Labute approximate surface area is 128 Å². The van der Waals surface area contributed by atoms with Crippen molar-refractivity contribution < 1.29 is 0 Å². The fourth-order valence-corrected chi connectivity index (χ4v) is 1.94. The summed E-state index contributed by atoms with van der Waals surface area (Å²) in [5.74, 6) is 1.56. The molecule has 2 N–H and O–H groups in total. The van der Waals surface area contributed by atoms with Crippen LogP contribution >= 0.6 is 0 Å². The number of nitrogens with zero attached hydrogens (tertiary/aromatic N) is 4. The lowest BCUT2D eigenvalue weighted by Crippen LogP contribution is -2.05. The van der Waals surface area contributed by atoms with Crippen molar-refractivity contribution in [2.75, 3.05) is 10.6 Å². The van der Waals surface area contributed by atoms with E-state index in [1.807, 2.05) is 30.3 Å². The minimum absolute atomic E-state index is 0.698. The van der Waals surface area contributed by atoms with Gasteiger partial charge < -0.3 is 10.6 Å². The summed E-state index contributed by atoms with van der Waals surface area (Å²) in [7, 11) is 0. The first-order chi connectivity index (χ1) is 10.9. The van der Waals surface area contributed by atoms with Crippen LogP contribution in [0.2, 0.25) is 0 Å². The molecule has 6 heteroatoms. The maximum absolute atomic E-state index is 4.22. The first-order valence-electron chi connectivity index (χ1n) is 6.98. The van der Waals surface area contributed by atoms with Crippen molar-refractivity contribution >= 4 is 11.6 Å². The van der Waals surface area contributed by atoms with Crippen molar-refractivity contribution in [1.29, 1.82) is 0 Å². The fourth-order valence-electron chi connectivity index (χ4n) is 1.94. The molecule has 22 heavy (non-hydrogen) atoms. The molecule has 0 atom stereocenters. The molecular weight excluding hydrogens is 276 g/mol. The highest BCUT2D eigenvalue weighted by atomic mass is 15.1. The van der Waals surface area contributed by atoms with Crippen LogP contribution in [0.4, 0.5) is 11.6 Å². The van der Waals surface area contributed by atoms with E-state index in [0.717, 1.165) is 22.8 Å². The molecule has 0 aromatic carbocycles. The van der Waals surface area contributed by atoms with E-state index in [2.05, 4.69) is 30.6 Å². The Balaban J connectivity index is 1.58. The highest BCUT2D eigenvalue weighted by Crippen LogP contribution is 2.11. The van der Waals surface area contributed by atoms with Crippen LogP contribution in [-0.4, -0.2) is 19.9 Å². The minimum atomic E-state index is 0.698. The molecule has 0 saturated heterocycles. The van der Waals surface area contributed by atoms with Gasteiger partial charge in [-0.3, -0.25) is 9.97 Å². The molecule has 0 aliphatic rings. The smallest absolute Gasteiger partial charge is 0.131 e. The Bertz CT molecular complexity index is 643. The van der Waals surface area contributed by atoms with Gasteiger partial charge in [-0.05, 0) is 35.4 Å². The molecule has 0 amide bonds. The lowest BCUT2D eigenvalue weighted by atomic mass is 10.2. The standard InChI is InChI=1S/C16H16N6/c1-5-17-6-2-13(1)10-19-15-9-16(22-12-21-15)20-11-14-3-7-18-8-4-14/h1-9,12H,10-11H2,(H2,19,20,21,22). The van der Waals surface area contributed by atoms with Gasteiger partial charge in [-0.2, -0.15) is 0 Å². The summed E-state index contributed by atoms with van der Waals surface area (Å²) in [5.41, 5.74) is 2.31. The summed E-state index contributed by atoms with van der Waals surface area (Å²) < 4.78 is 0. The largest absolute Gasteiger partial charge is 0.366 e. The normalized spacial score (nSPS) is 10.2. The zero-order valence-electron chi connectivity index (χ0n) is 12.0. The second-order valence-electron chi connectivity index (χ2n) is 4.71. The van der Waals surface area contributed by atoms with Crippen LogP contribution in [0.3, 0.4) is 0 Å². The number of aromatic nitrogens is 4. The molecule has 0 saturated carbocycles. The second kappa shape index (κ2) is 7.12. The van der Waals surface area contributed by atoms with E-state index >= 15 is 0 Å². The quantitative estimate of drug-likeness (QED) is 0.727. The van der Waals surface area contributed by atoms with Gasteiger partial charge in [0.1, 0.15) is 18.0 Å². The first kappa shape index (κ1) is 13.9. The van der Waals surface area contributed by atoms with Gasteiger partial charge in [0, 0.05) is 43.9 Å². The molecule has 3 aromatic heterocycles. The van der Waals surface area contributed by atoms with Crippen LogP contribution in [0, 0.1) is 0 Å². The van der Waals surface area contributed by atoms with E-state index in [1.54, 1.807) is 31.1 Å². The number of hydrogen-bond acceptors (Lipinski definition) is 6. The Morgan fingerprint density at radius 3 is 1.59 bits per heavy atom. The third-order valence-corrected chi connectivity index (χ3v) is 3.11. The molecule has 0 spiro atoms. The number of pyridine rings is 2. The van der Waals surface area contributed by atoms with Crippen LogP contribution in [0.1, 0.15) is 11.1 Å². The Hall–Kier alpha value is -3.02. The molecule has 6 nitrogen and oxygen atoms in total. The third kappa shape index (κ3) is 3.99. The van der Waals surface area contributed by atoms with Crippen molar-refractivity contribution in [2.45, 2.75) is 13.1 Å². The van der Waals surface area contributed by atoms with Crippen LogP contribution < -0.4 is 10.6 Å². The van der Waals surface area contributed by atoms with E-state index in [-0.39, 0.29) is 0 Å². The van der Waals surface area contributed by atoms with E-state index in [4.69, 9.17) is 0 Å². The summed E-state index contributed by atoms with van der Waals surface area (Å²) in [6, 6.07) is 9.77. The average Bonchev–Trinajstić information content (AvgIpc) is 2.60. The van der Waals surface area contributed by atoms with Crippen molar-refractivity contribution in [1.82, 2.24) is 19.9 Å². The topological polar surface area (TPSA) is 75.6 Å². The maximum atomic E-state index is 4.22. The summed E-state index contributed by atoms with van der Waals surface area (Å²) in [6.45, 7) is 1.40. The number of nitrogens with one attached hydrogen (secondary N) is 2. The summed E-state index contributed by atoms with van der Waals surface area (Å²) in [5, 5.41) is 6.54. The van der Waals surface area contributed by atoms with Gasteiger partial charge in [-0.25, -0.2) is 9.97 Å². The number of hydrogen-bond donors (Lipinski definition) is 2. The van der Waals surface area contributed by atoms with E-state index in [1.165, 1.54) is 0 Å². The van der Waals surface area contributed by atoms with E-state index < -0.39 is 0 Å². The molecule has 0 bridgehead atoms. The van der Waals surface area contributed by atoms with Crippen molar-refractivity contribution in [3.8, 4) is 0 Å². The van der Waals surface area contributed by atoms with E-state index in [0.29, 0.717) is 13.1 Å². The summed E-state index contributed by atoms with van der Waals surface area (Å²) >= 11 is 0. The van der Waals surface area contributed by atoms with Gasteiger partial charge in [0.25, 0.3) is 0 Å². The fraction of sp³-hybridized carbons (Fsp3) is 0.125. The highest BCUT2D eigenvalue weighted by molar-refractivity contribution is 5.47. The Kier molecular flexibility index (Phi) is 4.51. The zero-order valence-corrected chi connectivity index (χ0v) is 12.0. The molecule has 0 unspecified atom stereocenters. The molecule has 0 radical (unpaired) electrons. The molecule has 0 aliphatic carbocycles. The van der Waals surface area contributed by atoms with Crippen LogP contribution in [0.15, 0.2) is 61.4 Å². The molecule has 3 rings (SSSR count). The molecule has 0 fully saturated rings. The summed E-state index contributed by atoms with van der Waals surface area (Å²) in [6.07, 6.45) is 8.65. The predicted molar refractivity (Wildman–Crippen MR) is 85.2 cm³/mol. The Morgan fingerprint density at radius 2 is 1.14 bits per heavy atom. The van der Waals surface area contributed by atoms with Crippen molar-refractivity contribution in [3.05, 3.63) is 72.6 Å². The van der Waals surface area contributed by atoms with Gasteiger partial charge in [0.2, 0.25) is 0 Å². The number of rotatable bonds is 6. The summed E-state index contributed by atoms with van der Waals surface area (Å²) in [4.78, 5) is 16.4. The van der Waals surface area contributed by atoms with Crippen LogP contribution in [0.25, 0.3) is 0 Å². The third-order valence-electron chi connectivity index (χ3n) is 3.11. The van der Waals surface area contributed by atoms with Gasteiger partial charge in [-0.1, -0.05) is 0 Å².